The molecule has 0 bridgehead atoms. The summed E-state index contributed by atoms with van der Waals surface area (Å²) in [4.78, 5) is 30.8. The second-order valence-corrected chi connectivity index (χ2v) is 7.94. The SMILES string of the molecule is COCCN1C(=O)c2ccccc2C(C(=O)N2CCCCC2)C1c1ccc(F)cc1. The fourth-order valence-electron chi connectivity index (χ4n) is 4.64. The maximum atomic E-state index is 13.8. The number of fused-ring (bicyclic) bond motifs is 1. The van der Waals surface area contributed by atoms with E-state index in [4.69, 9.17) is 4.74 Å². The molecule has 2 aromatic carbocycles. The van der Waals surface area contributed by atoms with Gasteiger partial charge in [0.05, 0.1) is 18.6 Å². The smallest absolute Gasteiger partial charge is 0.254 e. The molecule has 0 aliphatic carbocycles. The minimum absolute atomic E-state index is 0.0337. The summed E-state index contributed by atoms with van der Waals surface area (Å²) in [5.41, 5.74) is 2.06. The van der Waals surface area contributed by atoms with Crippen molar-refractivity contribution in [3.63, 3.8) is 0 Å². The lowest BCUT2D eigenvalue weighted by molar-refractivity contribution is -0.135. The molecule has 2 heterocycles. The van der Waals surface area contributed by atoms with E-state index in [1.807, 2.05) is 23.1 Å². The van der Waals surface area contributed by atoms with Crippen LogP contribution in [0, 0.1) is 5.82 Å². The quantitative estimate of drug-likeness (QED) is 0.754. The molecule has 1 saturated heterocycles. The van der Waals surface area contributed by atoms with Gasteiger partial charge in [-0.3, -0.25) is 9.59 Å². The predicted molar refractivity (Wildman–Crippen MR) is 112 cm³/mol. The van der Waals surface area contributed by atoms with Crippen molar-refractivity contribution < 1.29 is 18.7 Å². The molecular formula is C24H27FN2O3. The predicted octanol–water partition coefficient (Wildman–Crippen LogP) is 3.77. The number of benzene rings is 2. The summed E-state index contributed by atoms with van der Waals surface area (Å²) in [6, 6.07) is 13.0. The van der Waals surface area contributed by atoms with Gasteiger partial charge in [-0.25, -0.2) is 4.39 Å². The third-order valence-electron chi connectivity index (χ3n) is 6.12. The van der Waals surface area contributed by atoms with E-state index in [1.54, 1.807) is 30.2 Å². The van der Waals surface area contributed by atoms with E-state index in [0.29, 0.717) is 18.7 Å². The lowest BCUT2D eigenvalue weighted by Gasteiger charge is -2.43. The third kappa shape index (κ3) is 3.84. The number of halogens is 1. The monoisotopic (exact) mass is 410 g/mol. The first-order chi connectivity index (χ1) is 14.6. The van der Waals surface area contributed by atoms with Gasteiger partial charge in [0.25, 0.3) is 5.91 Å². The topological polar surface area (TPSA) is 49.9 Å². The molecule has 0 aromatic heterocycles. The Morgan fingerprint density at radius 3 is 2.47 bits per heavy atom. The maximum Gasteiger partial charge on any atom is 0.254 e. The maximum absolute atomic E-state index is 13.8. The molecule has 1 fully saturated rings. The van der Waals surface area contributed by atoms with E-state index < -0.39 is 12.0 Å². The number of hydrogen-bond acceptors (Lipinski definition) is 3. The lowest BCUT2D eigenvalue weighted by atomic mass is 9.78. The van der Waals surface area contributed by atoms with E-state index >= 15 is 0 Å². The minimum Gasteiger partial charge on any atom is -0.383 e. The Balaban J connectivity index is 1.84. The molecule has 2 amide bonds. The highest BCUT2D eigenvalue weighted by molar-refractivity contribution is 6.01. The number of carbonyl (C=O) groups excluding carboxylic acids is 2. The summed E-state index contributed by atoms with van der Waals surface area (Å²) in [5, 5.41) is 0. The molecule has 2 aliphatic heterocycles. The molecule has 2 aliphatic rings. The Labute approximate surface area is 176 Å². The van der Waals surface area contributed by atoms with Gasteiger partial charge in [0.2, 0.25) is 5.91 Å². The van der Waals surface area contributed by atoms with Crippen molar-refractivity contribution in [1.82, 2.24) is 9.80 Å². The molecule has 6 heteroatoms. The standard InChI is InChI=1S/C24H27FN2O3/c1-30-16-15-27-22(17-9-11-18(25)12-10-17)21(24(29)26-13-5-2-6-14-26)19-7-3-4-8-20(19)23(27)28/h3-4,7-12,21-22H,2,5-6,13-16H2,1H3. The summed E-state index contributed by atoms with van der Waals surface area (Å²) in [6.07, 6.45) is 3.12. The average molecular weight is 410 g/mol. The van der Waals surface area contributed by atoms with Crippen LogP contribution in [0.15, 0.2) is 48.5 Å². The molecule has 0 saturated carbocycles. The second kappa shape index (κ2) is 8.96. The van der Waals surface area contributed by atoms with Crippen LogP contribution in [0.3, 0.4) is 0 Å². The van der Waals surface area contributed by atoms with Gasteiger partial charge in [-0.1, -0.05) is 30.3 Å². The number of likely N-dealkylation sites (tertiary alicyclic amines) is 1. The summed E-state index contributed by atoms with van der Waals surface area (Å²) < 4.78 is 18.9. The molecule has 2 aromatic rings. The summed E-state index contributed by atoms with van der Waals surface area (Å²) in [6.45, 7) is 2.19. The van der Waals surface area contributed by atoms with E-state index in [2.05, 4.69) is 0 Å². The van der Waals surface area contributed by atoms with Crippen LogP contribution >= 0.6 is 0 Å². The normalized spacial score (nSPS) is 21.5. The van der Waals surface area contributed by atoms with E-state index in [9.17, 15) is 14.0 Å². The molecule has 0 radical (unpaired) electrons. The van der Waals surface area contributed by atoms with E-state index in [-0.39, 0.29) is 17.6 Å². The van der Waals surface area contributed by atoms with Gasteiger partial charge in [0.15, 0.2) is 0 Å². The lowest BCUT2D eigenvalue weighted by Crippen LogP contribution is -2.50. The van der Waals surface area contributed by atoms with Crippen molar-refractivity contribution in [1.29, 1.82) is 0 Å². The van der Waals surface area contributed by atoms with Crippen molar-refractivity contribution in [3.8, 4) is 0 Å². The molecular weight excluding hydrogens is 383 g/mol. The number of ether oxygens (including phenoxy) is 1. The molecule has 0 spiro atoms. The van der Waals surface area contributed by atoms with Crippen LogP contribution in [0.25, 0.3) is 0 Å². The Hall–Kier alpha value is -2.73. The van der Waals surface area contributed by atoms with Crippen molar-refractivity contribution in [2.45, 2.75) is 31.2 Å². The van der Waals surface area contributed by atoms with Crippen LogP contribution in [-0.4, -0.2) is 55.0 Å². The number of hydrogen-bond donors (Lipinski definition) is 0. The fourth-order valence-corrected chi connectivity index (χ4v) is 4.64. The van der Waals surface area contributed by atoms with Gasteiger partial charge in [0, 0.05) is 32.3 Å². The van der Waals surface area contributed by atoms with Crippen LogP contribution in [0.2, 0.25) is 0 Å². The van der Waals surface area contributed by atoms with Crippen LogP contribution in [0.5, 0.6) is 0 Å². The van der Waals surface area contributed by atoms with Gasteiger partial charge >= 0.3 is 0 Å². The number of amides is 2. The van der Waals surface area contributed by atoms with Gasteiger partial charge in [-0.2, -0.15) is 0 Å². The zero-order chi connectivity index (χ0) is 21.1. The van der Waals surface area contributed by atoms with Crippen LogP contribution in [0.1, 0.15) is 52.7 Å². The Morgan fingerprint density at radius 1 is 1.07 bits per heavy atom. The third-order valence-corrected chi connectivity index (χ3v) is 6.12. The minimum atomic E-state index is -0.528. The highest BCUT2D eigenvalue weighted by Gasteiger charge is 2.45. The van der Waals surface area contributed by atoms with Gasteiger partial charge in [-0.15, -0.1) is 0 Å². The zero-order valence-corrected chi connectivity index (χ0v) is 17.2. The first kappa shape index (κ1) is 20.5. The number of nitrogens with zero attached hydrogens (tertiary/aromatic N) is 2. The molecule has 30 heavy (non-hydrogen) atoms. The van der Waals surface area contributed by atoms with Crippen molar-refractivity contribution in [3.05, 3.63) is 71.0 Å². The first-order valence-corrected chi connectivity index (χ1v) is 10.5. The number of rotatable bonds is 5. The number of piperidine rings is 1. The molecule has 4 rings (SSSR count). The van der Waals surface area contributed by atoms with Gasteiger partial charge in [-0.05, 0) is 48.6 Å². The molecule has 0 N–H and O–H groups in total. The largest absolute Gasteiger partial charge is 0.383 e. The van der Waals surface area contributed by atoms with Gasteiger partial charge in [0.1, 0.15) is 5.82 Å². The average Bonchev–Trinajstić information content (AvgIpc) is 2.79. The van der Waals surface area contributed by atoms with Crippen LogP contribution < -0.4 is 0 Å². The zero-order valence-electron chi connectivity index (χ0n) is 17.2. The summed E-state index contributed by atoms with van der Waals surface area (Å²) in [5.74, 6) is -0.964. The summed E-state index contributed by atoms with van der Waals surface area (Å²) in [7, 11) is 1.59. The Kier molecular flexibility index (Phi) is 6.13. The molecule has 2 atom stereocenters. The first-order valence-electron chi connectivity index (χ1n) is 10.5. The number of methoxy groups -OCH3 is 1. The van der Waals surface area contributed by atoms with Crippen LogP contribution in [0.4, 0.5) is 4.39 Å². The highest BCUT2D eigenvalue weighted by atomic mass is 19.1. The number of carbonyl (C=O) groups is 2. The summed E-state index contributed by atoms with van der Waals surface area (Å²) >= 11 is 0. The Morgan fingerprint density at radius 2 is 1.77 bits per heavy atom. The highest BCUT2D eigenvalue weighted by Crippen LogP contribution is 2.43. The van der Waals surface area contributed by atoms with Crippen LogP contribution in [-0.2, 0) is 9.53 Å². The van der Waals surface area contributed by atoms with E-state index in [0.717, 1.165) is 43.5 Å². The van der Waals surface area contributed by atoms with E-state index in [1.165, 1.54) is 12.1 Å². The fraction of sp³-hybridized carbons (Fsp3) is 0.417. The molecule has 158 valence electrons. The molecule has 5 nitrogen and oxygen atoms in total. The molecule has 2 unspecified atom stereocenters. The van der Waals surface area contributed by atoms with Crippen molar-refractivity contribution in [2.24, 2.45) is 0 Å². The van der Waals surface area contributed by atoms with Gasteiger partial charge < -0.3 is 14.5 Å². The Bertz CT molecular complexity index is 909. The van der Waals surface area contributed by atoms with Crippen molar-refractivity contribution in [2.75, 3.05) is 33.4 Å². The second-order valence-electron chi connectivity index (χ2n) is 7.94. The van der Waals surface area contributed by atoms with Crippen molar-refractivity contribution >= 4 is 11.8 Å².